The van der Waals surface area contributed by atoms with E-state index in [4.69, 9.17) is 9.47 Å². The van der Waals surface area contributed by atoms with Gasteiger partial charge in [-0.05, 0) is 17.7 Å². The second kappa shape index (κ2) is 6.94. The van der Waals surface area contributed by atoms with Crippen molar-refractivity contribution in [2.24, 2.45) is 0 Å². The van der Waals surface area contributed by atoms with Crippen LogP contribution in [0, 0.1) is 0 Å². The summed E-state index contributed by atoms with van der Waals surface area (Å²) in [5.74, 6) is 0.301. The van der Waals surface area contributed by atoms with Gasteiger partial charge in [0, 0.05) is 47.9 Å². The van der Waals surface area contributed by atoms with E-state index in [1.165, 1.54) is 0 Å². The van der Waals surface area contributed by atoms with E-state index in [2.05, 4.69) is 15.3 Å². The van der Waals surface area contributed by atoms with E-state index in [9.17, 15) is 4.79 Å². The summed E-state index contributed by atoms with van der Waals surface area (Å²) >= 11 is 0. The third-order valence-electron chi connectivity index (χ3n) is 4.29. The lowest BCUT2D eigenvalue weighted by Crippen LogP contribution is -2.23. The topological polar surface area (TPSA) is 76.2 Å². The van der Waals surface area contributed by atoms with E-state index in [-0.39, 0.29) is 12.0 Å². The molecule has 1 saturated heterocycles. The zero-order chi connectivity index (χ0) is 17.1. The molecule has 0 radical (unpaired) electrons. The molecule has 3 aromatic rings. The zero-order valence-corrected chi connectivity index (χ0v) is 13.7. The monoisotopic (exact) mass is 337 g/mol. The highest BCUT2D eigenvalue weighted by Gasteiger charge is 2.18. The van der Waals surface area contributed by atoms with Gasteiger partial charge in [0.1, 0.15) is 6.10 Å². The van der Waals surface area contributed by atoms with Crippen molar-refractivity contribution >= 4 is 16.8 Å². The number of para-hydroxylation sites is 1. The molecule has 128 valence electrons. The lowest BCUT2D eigenvalue weighted by atomic mass is 10.1. The number of aromatic amines is 1. The van der Waals surface area contributed by atoms with Gasteiger partial charge in [-0.2, -0.15) is 0 Å². The Bertz CT molecular complexity index is 884. The summed E-state index contributed by atoms with van der Waals surface area (Å²) < 4.78 is 11.0. The summed E-state index contributed by atoms with van der Waals surface area (Å²) in [6.45, 7) is 1.73. The number of rotatable bonds is 5. The Morgan fingerprint density at radius 2 is 2.28 bits per heavy atom. The molecular weight excluding hydrogens is 318 g/mol. The van der Waals surface area contributed by atoms with E-state index >= 15 is 0 Å². The van der Waals surface area contributed by atoms with E-state index in [1.54, 1.807) is 18.3 Å². The van der Waals surface area contributed by atoms with Crippen LogP contribution >= 0.6 is 0 Å². The minimum Gasteiger partial charge on any atom is -0.472 e. The number of amides is 1. The molecule has 2 N–H and O–H groups in total. The summed E-state index contributed by atoms with van der Waals surface area (Å²) in [7, 11) is 0. The van der Waals surface area contributed by atoms with Gasteiger partial charge in [0.2, 0.25) is 5.88 Å². The third-order valence-corrected chi connectivity index (χ3v) is 4.29. The van der Waals surface area contributed by atoms with Gasteiger partial charge in [-0.1, -0.05) is 18.2 Å². The molecule has 1 amide bonds. The maximum atomic E-state index is 12.4. The average Bonchev–Trinajstić information content (AvgIpc) is 3.30. The summed E-state index contributed by atoms with van der Waals surface area (Å²) in [6, 6.07) is 11.4. The van der Waals surface area contributed by atoms with Gasteiger partial charge >= 0.3 is 0 Å². The van der Waals surface area contributed by atoms with E-state index in [1.807, 2.05) is 30.5 Å². The van der Waals surface area contributed by atoms with Gasteiger partial charge in [0.25, 0.3) is 5.91 Å². The average molecular weight is 337 g/mol. The van der Waals surface area contributed by atoms with Crippen LogP contribution in [0.3, 0.4) is 0 Å². The number of carbonyl (C=O) groups is 1. The Balaban J connectivity index is 1.42. The van der Waals surface area contributed by atoms with E-state index in [0.29, 0.717) is 31.2 Å². The molecule has 0 aliphatic carbocycles. The molecule has 1 aromatic carbocycles. The predicted molar refractivity (Wildman–Crippen MR) is 93.6 cm³/mol. The van der Waals surface area contributed by atoms with Crippen LogP contribution in [0.15, 0.2) is 48.8 Å². The number of ether oxygens (including phenoxy) is 2. The first-order valence-electron chi connectivity index (χ1n) is 8.33. The molecule has 1 atom stereocenters. The minimum atomic E-state index is -0.153. The molecule has 2 aromatic heterocycles. The maximum Gasteiger partial charge on any atom is 0.251 e. The molecule has 25 heavy (non-hydrogen) atoms. The van der Waals surface area contributed by atoms with Crippen LogP contribution in [-0.4, -0.2) is 35.2 Å². The van der Waals surface area contributed by atoms with Gasteiger partial charge < -0.3 is 19.8 Å². The number of hydrogen-bond acceptors (Lipinski definition) is 4. The predicted octanol–water partition coefficient (Wildman–Crippen LogP) is 2.66. The first-order valence-corrected chi connectivity index (χ1v) is 8.33. The SMILES string of the molecule is O=C(NCc1c[nH]c2ccccc12)c1ccnc(O[C@@H]2CCOC2)c1. The lowest BCUT2D eigenvalue weighted by Gasteiger charge is -2.11. The summed E-state index contributed by atoms with van der Waals surface area (Å²) in [5.41, 5.74) is 2.64. The minimum absolute atomic E-state index is 0.0111. The van der Waals surface area contributed by atoms with Crippen molar-refractivity contribution < 1.29 is 14.3 Å². The number of nitrogens with one attached hydrogen (secondary N) is 2. The molecule has 0 saturated carbocycles. The van der Waals surface area contributed by atoms with Crippen molar-refractivity contribution in [3.63, 3.8) is 0 Å². The third kappa shape index (κ3) is 3.49. The van der Waals surface area contributed by atoms with Crippen molar-refractivity contribution in [2.45, 2.75) is 19.1 Å². The van der Waals surface area contributed by atoms with Crippen molar-refractivity contribution in [2.75, 3.05) is 13.2 Å². The first-order chi connectivity index (χ1) is 12.3. The Morgan fingerprint density at radius 1 is 1.36 bits per heavy atom. The van der Waals surface area contributed by atoms with Crippen LogP contribution in [0.2, 0.25) is 0 Å². The van der Waals surface area contributed by atoms with Gasteiger partial charge in [0.05, 0.1) is 13.2 Å². The standard InChI is InChI=1S/C19H19N3O3/c23-19(22-11-14-10-21-17-4-2-1-3-16(14)17)13-5-7-20-18(9-13)25-15-6-8-24-12-15/h1-5,7,9-10,15,21H,6,8,11-12H2,(H,22,23)/t15-/m1/s1. The summed E-state index contributed by atoms with van der Waals surface area (Å²) in [6.07, 6.45) is 4.37. The Labute approximate surface area is 145 Å². The fourth-order valence-electron chi connectivity index (χ4n) is 2.95. The molecule has 6 nitrogen and oxygen atoms in total. The maximum absolute atomic E-state index is 12.4. The molecule has 6 heteroatoms. The van der Waals surface area contributed by atoms with Gasteiger partial charge in [0.15, 0.2) is 0 Å². The first kappa shape index (κ1) is 15.7. The second-order valence-electron chi connectivity index (χ2n) is 6.03. The number of fused-ring (bicyclic) bond motifs is 1. The fourth-order valence-corrected chi connectivity index (χ4v) is 2.95. The highest BCUT2D eigenvalue weighted by molar-refractivity contribution is 5.94. The van der Waals surface area contributed by atoms with Crippen LogP contribution in [0.5, 0.6) is 5.88 Å². The number of pyridine rings is 1. The highest BCUT2D eigenvalue weighted by Crippen LogP contribution is 2.18. The van der Waals surface area contributed by atoms with Crippen molar-refractivity contribution in [3.8, 4) is 5.88 Å². The number of hydrogen-bond donors (Lipinski definition) is 2. The quantitative estimate of drug-likeness (QED) is 0.750. The smallest absolute Gasteiger partial charge is 0.251 e. The second-order valence-corrected chi connectivity index (χ2v) is 6.03. The van der Waals surface area contributed by atoms with Gasteiger partial charge in [-0.15, -0.1) is 0 Å². The van der Waals surface area contributed by atoms with Crippen molar-refractivity contribution in [1.29, 1.82) is 0 Å². The number of carbonyl (C=O) groups excluding carboxylic acids is 1. The highest BCUT2D eigenvalue weighted by atomic mass is 16.5. The van der Waals surface area contributed by atoms with Crippen molar-refractivity contribution in [1.82, 2.24) is 15.3 Å². The van der Waals surface area contributed by atoms with E-state index < -0.39 is 0 Å². The Hall–Kier alpha value is -2.86. The summed E-state index contributed by atoms with van der Waals surface area (Å²) in [4.78, 5) is 19.8. The van der Waals surface area contributed by atoms with Crippen molar-refractivity contribution in [3.05, 3.63) is 59.9 Å². The van der Waals surface area contributed by atoms with Crippen LogP contribution in [0.25, 0.3) is 10.9 Å². The normalized spacial score (nSPS) is 16.9. The molecule has 0 unspecified atom stereocenters. The molecule has 0 bridgehead atoms. The van der Waals surface area contributed by atoms with Crippen LogP contribution < -0.4 is 10.1 Å². The molecule has 4 rings (SSSR count). The number of benzene rings is 1. The lowest BCUT2D eigenvalue weighted by molar-refractivity contribution is 0.0949. The fraction of sp³-hybridized carbons (Fsp3) is 0.263. The van der Waals surface area contributed by atoms with Crippen LogP contribution in [-0.2, 0) is 11.3 Å². The molecule has 1 fully saturated rings. The number of H-pyrrole nitrogens is 1. The molecule has 1 aliphatic heterocycles. The van der Waals surface area contributed by atoms with Crippen LogP contribution in [0.4, 0.5) is 0 Å². The molecular formula is C19H19N3O3. The molecule has 1 aliphatic rings. The number of aromatic nitrogens is 2. The van der Waals surface area contributed by atoms with Gasteiger partial charge in [-0.25, -0.2) is 4.98 Å². The molecule has 0 spiro atoms. The number of nitrogens with zero attached hydrogens (tertiary/aromatic N) is 1. The summed E-state index contributed by atoms with van der Waals surface area (Å²) in [5, 5.41) is 4.06. The zero-order valence-electron chi connectivity index (χ0n) is 13.7. The largest absolute Gasteiger partial charge is 0.472 e. The van der Waals surface area contributed by atoms with E-state index in [0.717, 1.165) is 22.9 Å². The van der Waals surface area contributed by atoms with Gasteiger partial charge in [-0.3, -0.25) is 4.79 Å². The Morgan fingerprint density at radius 3 is 3.16 bits per heavy atom. The Kier molecular flexibility index (Phi) is 4.35. The molecule has 3 heterocycles. The van der Waals surface area contributed by atoms with Crippen LogP contribution in [0.1, 0.15) is 22.3 Å².